The Bertz CT molecular complexity index is 1760. The maximum Gasteiger partial charge on any atom is 0.243 e. The number of hydrogen-bond acceptors (Lipinski definition) is 11. The number of methoxy groups -OCH3 is 2. The smallest absolute Gasteiger partial charge is 0.243 e. The van der Waals surface area contributed by atoms with Crippen molar-refractivity contribution in [2.45, 2.75) is 61.9 Å². The summed E-state index contributed by atoms with van der Waals surface area (Å²) in [4.78, 5) is 2.49. The van der Waals surface area contributed by atoms with E-state index in [0.29, 0.717) is 19.6 Å². The van der Waals surface area contributed by atoms with Crippen LogP contribution in [-0.2, 0) is 26.1 Å². The lowest BCUT2D eigenvalue weighted by atomic mass is 9.82. The maximum atomic E-state index is 14.3. The summed E-state index contributed by atoms with van der Waals surface area (Å²) < 4.78 is 53.4. The van der Waals surface area contributed by atoms with Crippen LogP contribution in [0.4, 0.5) is 5.69 Å². The van der Waals surface area contributed by atoms with Crippen LogP contribution in [0, 0.1) is 6.92 Å². The van der Waals surface area contributed by atoms with E-state index in [1.165, 1.54) is 4.31 Å². The Balaban J connectivity index is 1.31. The van der Waals surface area contributed by atoms with Crippen LogP contribution in [0.25, 0.3) is 0 Å². The summed E-state index contributed by atoms with van der Waals surface area (Å²) in [7, 11) is -0.655. The van der Waals surface area contributed by atoms with Crippen molar-refractivity contribution in [2.75, 3.05) is 52.0 Å². The number of nitrogens with one attached hydrogen (secondary N) is 1. The first-order chi connectivity index (χ1) is 23.8. The number of aryl methyl sites for hydroxylation is 1. The number of tetrazole rings is 1. The second-order valence-corrected chi connectivity index (χ2v) is 14.4. The van der Waals surface area contributed by atoms with Gasteiger partial charge in [-0.2, -0.15) is 9.52 Å². The third kappa shape index (κ3) is 8.05. The van der Waals surface area contributed by atoms with Gasteiger partial charge in [-0.1, -0.05) is 41.1 Å². The molecule has 0 amide bonds. The van der Waals surface area contributed by atoms with E-state index < -0.39 is 28.3 Å². The van der Waals surface area contributed by atoms with Crippen LogP contribution in [0.15, 0.2) is 71.6 Å². The van der Waals surface area contributed by atoms with Crippen LogP contribution < -0.4 is 14.4 Å². The van der Waals surface area contributed by atoms with Gasteiger partial charge in [-0.15, -0.1) is 10.2 Å². The Morgan fingerprint density at radius 1 is 1.08 bits per heavy atom. The largest absolute Gasteiger partial charge is 0.497 e. The molecule has 3 heterocycles. The van der Waals surface area contributed by atoms with Gasteiger partial charge in [-0.3, -0.25) is 0 Å². The Morgan fingerprint density at radius 2 is 1.88 bits per heavy atom. The van der Waals surface area contributed by atoms with E-state index >= 15 is 0 Å². The number of aliphatic hydroxyl groups excluding tert-OH is 1. The average Bonchev–Trinajstić information content (AvgIpc) is 3.67. The molecule has 14 heteroatoms. The minimum atomic E-state index is -3.98. The molecule has 0 saturated carbocycles. The Kier molecular flexibility index (Phi) is 11.1. The normalized spacial score (nSPS) is 20.4. The number of fused-ring (bicyclic) bond motifs is 1. The van der Waals surface area contributed by atoms with E-state index in [4.69, 9.17) is 18.9 Å². The molecule has 1 fully saturated rings. The lowest BCUT2D eigenvalue weighted by molar-refractivity contribution is -0.0267. The van der Waals surface area contributed by atoms with Gasteiger partial charge >= 0.3 is 0 Å². The second-order valence-electron chi connectivity index (χ2n) is 12.5. The highest BCUT2D eigenvalue weighted by molar-refractivity contribution is 7.89. The minimum Gasteiger partial charge on any atom is -0.497 e. The van der Waals surface area contributed by atoms with Crippen molar-refractivity contribution in [2.24, 2.45) is 0 Å². The van der Waals surface area contributed by atoms with Crippen molar-refractivity contribution in [3.63, 3.8) is 0 Å². The number of aliphatic hydroxyl groups is 1. The Labute approximate surface area is 287 Å². The fraction of sp³-hybridized carbons (Fsp3) is 0.457. The zero-order valence-electron chi connectivity index (χ0n) is 28.1. The number of ether oxygens (including phenoxy) is 4. The zero-order valence-corrected chi connectivity index (χ0v) is 28.9. The number of hydrogen-bond donors (Lipinski definition) is 2. The van der Waals surface area contributed by atoms with E-state index in [-0.39, 0.29) is 36.2 Å². The number of aromatic nitrogens is 4. The topological polar surface area (TPSA) is 152 Å². The maximum absolute atomic E-state index is 14.3. The monoisotopic (exact) mass is 692 g/mol. The second kappa shape index (κ2) is 15.6. The van der Waals surface area contributed by atoms with Gasteiger partial charge in [0.25, 0.3) is 0 Å². The number of aromatic amines is 1. The molecule has 4 aromatic rings. The molecule has 1 aromatic heterocycles. The van der Waals surface area contributed by atoms with Crippen molar-refractivity contribution < 1.29 is 32.5 Å². The van der Waals surface area contributed by atoms with E-state index in [1.54, 1.807) is 38.5 Å². The molecule has 1 saturated heterocycles. The summed E-state index contributed by atoms with van der Waals surface area (Å²) in [5.74, 6) is 1.47. The van der Waals surface area contributed by atoms with Crippen molar-refractivity contribution in [3.8, 4) is 11.5 Å². The number of anilines is 1. The van der Waals surface area contributed by atoms with Gasteiger partial charge in [0.05, 0.1) is 36.9 Å². The molecule has 4 atom stereocenters. The van der Waals surface area contributed by atoms with Crippen molar-refractivity contribution in [3.05, 3.63) is 89.2 Å². The van der Waals surface area contributed by atoms with E-state index in [9.17, 15) is 13.5 Å². The molecule has 0 aliphatic carbocycles. The van der Waals surface area contributed by atoms with Crippen LogP contribution in [0.5, 0.6) is 11.5 Å². The molecule has 0 radical (unpaired) electrons. The highest BCUT2D eigenvalue weighted by atomic mass is 32.2. The van der Waals surface area contributed by atoms with E-state index in [0.717, 1.165) is 53.4 Å². The summed E-state index contributed by atoms with van der Waals surface area (Å²) in [5, 5.41) is 24.9. The lowest BCUT2D eigenvalue weighted by Gasteiger charge is -2.43. The van der Waals surface area contributed by atoms with Gasteiger partial charge in [0.1, 0.15) is 24.2 Å². The van der Waals surface area contributed by atoms with Gasteiger partial charge in [-0.25, -0.2) is 8.42 Å². The number of sulfonamides is 1. The molecule has 2 N–H and O–H groups in total. The van der Waals surface area contributed by atoms with Crippen molar-refractivity contribution in [1.29, 1.82) is 0 Å². The highest BCUT2D eigenvalue weighted by Crippen LogP contribution is 2.40. The fourth-order valence-electron chi connectivity index (χ4n) is 6.66. The molecular weight excluding hydrogens is 648 g/mol. The summed E-state index contributed by atoms with van der Waals surface area (Å²) in [6.07, 6.45) is -0.262. The van der Waals surface area contributed by atoms with Gasteiger partial charge in [0.2, 0.25) is 15.8 Å². The molecule has 2 aliphatic heterocycles. The number of piperidine rings is 1. The number of H-pyrrole nitrogens is 1. The average molecular weight is 693 g/mol. The van der Waals surface area contributed by atoms with Crippen LogP contribution in [0.2, 0.25) is 0 Å². The standard InChI is InChI=1S/C35H44N6O7S/c1-24-5-12-29(13-6-24)49(43,44)41-22-34(48-23-25-7-14-33-31(19-25)40(16-18-47-33)15-4-17-45-2)30(26-8-10-28(46-3)11-9-26)20-27(41)21-32(42)35-36-38-39-37-35/h5-14,19,27,30,32,34,42H,4,15-18,20-23H2,1-3H3,(H,36,37,38,39)/t27-,30-,32-,34+/m1/s1. The number of rotatable bonds is 14. The van der Waals surface area contributed by atoms with Crippen LogP contribution in [0.3, 0.4) is 0 Å². The first kappa shape index (κ1) is 34.8. The fourth-order valence-corrected chi connectivity index (χ4v) is 8.32. The van der Waals surface area contributed by atoms with Gasteiger partial charge < -0.3 is 29.0 Å². The first-order valence-corrected chi connectivity index (χ1v) is 18.0. The molecule has 262 valence electrons. The predicted octanol–water partition coefficient (Wildman–Crippen LogP) is 4.01. The molecule has 6 rings (SSSR count). The molecule has 49 heavy (non-hydrogen) atoms. The van der Waals surface area contributed by atoms with Crippen molar-refractivity contribution in [1.82, 2.24) is 24.9 Å². The number of nitrogens with zero attached hydrogens (tertiary/aromatic N) is 5. The predicted molar refractivity (Wildman–Crippen MR) is 182 cm³/mol. The van der Waals surface area contributed by atoms with Gasteiger partial charge in [-0.05, 0) is 73.7 Å². The highest BCUT2D eigenvalue weighted by Gasteiger charge is 2.44. The third-order valence-electron chi connectivity index (χ3n) is 9.29. The molecule has 3 aromatic carbocycles. The zero-order chi connectivity index (χ0) is 34.4. The van der Waals surface area contributed by atoms with Gasteiger partial charge in [0.15, 0.2) is 0 Å². The minimum absolute atomic E-state index is 0.0771. The first-order valence-electron chi connectivity index (χ1n) is 16.5. The molecule has 2 aliphatic rings. The van der Waals surface area contributed by atoms with Crippen LogP contribution in [0.1, 0.15) is 53.8 Å². The summed E-state index contributed by atoms with van der Waals surface area (Å²) in [6.45, 7) is 5.19. The quantitative estimate of drug-likeness (QED) is 0.185. The van der Waals surface area contributed by atoms with Crippen molar-refractivity contribution >= 4 is 15.7 Å². The van der Waals surface area contributed by atoms with E-state index in [1.807, 2.05) is 43.3 Å². The number of benzene rings is 3. The SMILES string of the molecule is COCCCN1CCOc2ccc(CO[C@H]3CN(S(=O)(=O)c4ccc(C)cc4)[C@@H](C[C@@H](O)c4nn[nH]n4)C[C@@H]3c3ccc(OC)cc3)cc21. The van der Waals surface area contributed by atoms with Gasteiger partial charge in [0, 0.05) is 38.8 Å². The molecule has 0 bridgehead atoms. The lowest BCUT2D eigenvalue weighted by Crippen LogP contribution is -2.52. The molecule has 0 spiro atoms. The third-order valence-corrected chi connectivity index (χ3v) is 11.2. The Morgan fingerprint density at radius 3 is 2.59 bits per heavy atom. The van der Waals surface area contributed by atoms with E-state index in [2.05, 4.69) is 31.6 Å². The molecular formula is C35H44N6O7S. The Hall–Kier alpha value is -4.08. The summed E-state index contributed by atoms with van der Waals surface area (Å²) in [5.41, 5.74) is 3.91. The molecule has 0 unspecified atom stereocenters. The summed E-state index contributed by atoms with van der Waals surface area (Å²) in [6, 6.07) is 20.1. The molecule has 13 nitrogen and oxygen atoms in total. The van der Waals surface area contributed by atoms with Crippen LogP contribution >= 0.6 is 0 Å². The summed E-state index contributed by atoms with van der Waals surface area (Å²) >= 11 is 0. The van der Waals surface area contributed by atoms with Crippen LogP contribution in [-0.4, -0.2) is 97.7 Å².